The van der Waals surface area contributed by atoms with E-state index >= 15 is 0 Å². The predicted octanol–water partition coefficient (Wildman–Crippen LogP) is 0.733. The average molecular weight is 345 g/mol. The molecule has 24 heavy (non-hydrogen) atoms. The number of H-pyrrole nitrogens is 1. The highest BCUT2D eigenvalue weighted by Crippen LogP contribution is 2.05. The maximum atomic E-state index is 12.2. The lowest BCUT2D eigenvalue weighted by atomic mass is 10.2. The molecular formula is C16H21N6OS+. The minimum atomic E-state index is -0.0991. The number of rotatable bonds is 6. The number of nitrogens with one attached hydrogen (secondary N) is 2. The summed E-state index contributed by atoms with van der Waals surface area (Å²) in [6, 6.07) is 7.37. The van der Waals surface area contributed by atoms with Gasteiger partial charge in [-0.3, -0.25) is 4.79 Å². The Bertz CT molecular complexity index is 957. The molecule has 0 amide bonds. The number of aromatic amines is 1. The van der Waals surface area contributed by atoms with E-state index in [4.69, 9.17) is 12.2 Å². The lowest BCUT2D eigenvalue weighted by molar-refractivity contribution is -0.935. The molecule has 0 aliphatic rings. The largest absolute Gasteiger partial charge is 0.310 e. The Kier molecular flexibility index (Phi) is 4.86. The van der Waals surface area contributed by atoms with Gasteiger partial charge in [0.1, 0.15) is 12.9 Å². The predicted molar refractivity (Wildman–Crippen MR) is 94.3 cm³/mol. The van der Waals surface area contributed by atoms with Crippen LogP contribution in [0.2, 0.25) is 0 Å². The Morgan fingerprint density at radius 1 is 1.29 bits per heavy atom. The Morgan fingerprint density at radius 2 is 2.08 bits per heavy atom. The van der Waals surface area contributed by atoms with Gasteiger partial charge >= 0.3 is 0 Å². The number of aromatic nitrogens is 5. The molecule has 0 saturated carbocycles. The Hall–Kier alpha value is -2.32. The first-order chi connectivity index (χ1) is 11.6. The van der Waals surface area contributed by atoms with E-state index in [0.717, 1.165) is 18.6 Å². The molecule has 0 bridgehead atoms. The monoisotopic (exact) mass is 345 g/mol. The summed E-state index contributed by atoms with van der Waals surface area (Å²) in [6.45, 7) is 7.05. The smallest absolute Gasteiger partial charge is 0.258 e. The van der Waals surface area contributed by atoms with Crippen molar-refractivity contribution in [2.75, 3.05) is 6.54 Å². The van der Waals surface area contributed by atoms with Crippen LogP contribution in [-0.2, 0) is 19.8 Å². The van der Waals surface area contributed by atoms with Gasteiger partial charge in [-0.05, 0) is 38.2 Å². The highest BCUT2D eigenvalue weighted by molar-refractivity contribution is 7.71. The highest BCUT2D eigenvalue weighted by Gasteiger charge is 2.13. The van der Waals surface area contributed by atoms with Crippen molar-refractivity contribution in [3.63, 3.8) is 0 Å². The lowest BCUT2D eigenvalue weighted by Gasteiger charge is -2.16. The molecule has 0 aliphatic heterocycles. The number of fused-ring (bicyclic) bond motifs is 1. The van der Waals surface area contributed by atoms with Gasteiger partial charge in [0.15, 0.2) is 12.5 Å². The minimum Gasteiger partial charge on any atom is -0.310 e. The van der Waals surface area contributed by atoms with E-state index in [-0.39, 0.29) is 5.56 Å². The zero-order valence-corrected chi connectivity index (χ0v) is 14.6. The van der Waals surface area contributed by atoms with Crippen LogP contribution >= 0.6 is 12.2 Å². The van der Waals surface area contributed by atoms with Crippen LogP contribution in [-0.4, -0.2) is 30.9 Å². The Balaban J connectivity index is 1.84. The number of aryl methyl sites for hydroxylation is 1. The van der Waals surface area contributed by atoms with Crippen LogP contribution in [0.4, 0.5) is 0 Å². The second kappa shape index (κ2) is 7.06. The van der Waals surface area contributed by atoms with Gasteiger partial charge in [-0.2, -0.15) is 9.78 Å². The van der Waals surface area contributed by atoms with E-state index in [1.165, 1.54) is 4.90 Å². The fourth-order valence-corrected chi connectivity index (χ4v) is 2.94. The molecule has 126 valence electrons. The van der Waals surface area contributed by atoms with Gasteiger partial charge in [-0.25, -0.2) is 4.98 Å². The number of hydrogen-bond acceptors (Lipinski definition) is 4. The zero-order chi connectivity index (χ0) is 17.1. The van der Waals surface area contributed by atoms with Gasteiger partial charge in [0, 0.05) is 6.54 Å². The van der Waals surface area contributed by atoms with Gasteiger partial charge in [-0.15, -0.1) is 0 Å². The quantitative estimate of drug-likeness (QED) is 0.646. The molecule has 0 saturated heterocycles. The number of nitrogens with zero attached hydrogens (tertiary/aromatic N) is 4. The highest BCUT2D eigenvalue weighted by atomic mass is 32.1. The number of hydrogen-bond donors (Lipinski definition) is 2. The van der Waals surface area contributed by atoms with E-state index in [1.807, 2.05) is 34.4 Å². The van der Waals surface area contributed by atoms with E-state index < -0.39 is 0 Å². The molecule has 1 atom stereocenters. The van der Waals surface area contributed by atoms with Crippen molar-refractivity contribution in [1.82, 2.24) is 24.3 Å². The molecule has 0 fully saturated rings. The van der Waals surface area contributed by atoms with Crippen LogP contribution in [0.3, 0.4) is 0 Å². The molecule has 3 aromatic rings. The average Bonchev–Trinajstić information content (AvgIpc) is 2.94. The molecule has 2 N–H and O–H groups in total. The third-order valence-electron chi connectivity index (χ3n) is 4.09. The maximum Gasteiger partial charge on any atom is 0.258 e. The molecule has 2 heterocycles. The summed E-state index contributed by atoms with van der Waals surface area (Å²) in [5.41, 5.74) is 0.622. The number of para-hydroxylation sites is 1. The van der Waals surface area contributed by atoms with Gasteiger partial charge in [0.05, 0.1) is 17.4 Å². The van der Waals surface area contributed by atoms with Crippen molar-refractivity contribution in [2.24, 2.45) is 0 Å². The van der Waals surface area contributed by atoms with Gasteiger partial charge in [0.25, 0.3) is 5.56 Å². The van der Waals surface area contributed by atoms with Crippen LogP contribution in [0.1, 0.15) is 19.7 Å². The first kappa shape index (κ1) is 16.5. The van der Waals surface area contributed by atoms with Gasteiger partial charge in [0.2, 0.25) is 4.77 Å². The molecule has 0 radical (unpaired) electrons. The van der Waals surface area contributed by atoms with Crippen LogP contribution in [0.25, 0.3) is 10.9 Å². The van der Waals surface area contributed by atoms with E-state index in [2.05, 4.69) is 22.0 Å². The van der Waals surface area contributed by atoms with Crippen molar-refractivity contribution in [2.45, 2.75) is 33.6 Å². The van der Waals surface area contributed by atoms with E-state index in [9.17, 15) is 4.79 Å². The first-order valence-electron chi connectivity index (χ1n) is 8.06. The summed E-state index contributed by atoms with van der Waals surface area (Å²) < 4.78 is 4.46. The maximum absolute atomic E-state index is 12.2. The number of benzene rings is 1. The third kappa shape index (κ3) is 3.29. The molecular weight excluding hydrogens is 324 g/mol. The summed E-state index contributed by atoms with van der Waals surface area (Å²) in [7, 11) is 0. The van der Waals surface area contributed by atoms with Gasteiger partial charge in [-0.1, -0.05) is 12.1 Å². The van der Waals surface area contributed by atoms with E-state index in [1.54, 1.807) is 12.4 Å². The molecule has 0 aliphatic carbocycles. The van der Waals surface area contributed by atoms with Crippen LogP contribution in [0, 0.1) is 4.77 Å². The van der Waals surface area contributed by atoms with Gasteiger partial charge < -0.3 is 14.5 Å². The number of quaternary nitrogens is 1. The van der Waals surface area contributed by atoms with Crippen LogP contribution < -0.4 is 10.5 Å². The molecule has 0 spiro atoms. The Morgan fingerprint density at radius 3 is 2.79 bits per heavy atom. The molecule has 7 nitrogen and oxygen atoms in total. The third-order valence-corrected chi connectivity index (χ3v) is 4.54. The minimum absolute atomic E-state index is 0.0991. The molecule has 1 aromatic carbocycles. The summed E-state index contributed by atoms with van der Waals surface area (Å²) in [5, 5.41) is 4.96. The van der Waals surface area contributed by atoms with Crippen molar-refractivity contribution >= 4 is 23.1 Å². The topological polar surface area (TPSA) is 72.9 Å². The van der Waals surface area contributed by atoms with Crippen molar-refractivity contribution in [3.05, 3.63) is 51.5 Å². The van der Waals surface area contributed by atoms with Crippen molar-refractivity contribution in [1.29, 1.82) is 0 Å². The Labute approximate surface area is 144 Å². The molecule has 2 aromatic heterocycles. The fourth-order valence-electron chi connectivity index (χ4n) is 2.66. The standard InChI is InChI=1S/C16H20N6OS/c1-3-20(11-22-16(24)21(4-2)10-17-22)9-14-18-13-8-6-5-7-12(13)15(23)19-14/h5-8,10H,3-4,9,11H2,1-2H3,(H,18,19,23)/p+1. The summed E-state index contributed by atoms with van der Waals surface area (Å²) >= 11 is 5.42. The summed E-state index contributed by atoms with van der Waals surface area (Å²) in [6.07, 6.45) is 1.76. The van der Waals surface area contributed by atoms with Crippen LogP contribution in [0.5, 0.6) is 0 Å². The van der Waals surface area contributed by atoms with Crippen molar-refractivity contribution in [3.8, 4) is 0 Å². The molecule has 3 rings (SSSR count). The first-order valence-corrected chi connectivity index (χ1v) is 8.47. The van der Waals surface area contributed by atoms with Crippen molar-refractivity contribution < 1.29 is 4.90 Å². The zero-order valence-electron chi connectivity index (χ0n) is 13.8. The second-order valence-electron chi connectivity index (χ2n) is 5.67. The van der Waals surface area contributed by atoms with E-state index in [0.29, 0.717) is 29.2 Å². The molecule has 8 heteroatoms. The normalized spacial score (nSPS) is 12.6. The molecule has 1 unspecified atom stereocenters. The SMILES string of the molecule is CCn1cnn(C[NH+](CC)Cc2nc3ccccc3c(=O)[nH]2)c1=S. The summed E-state index contributed by atoms with van der Waals surface area (Å²) in [5.74, 6) is 0.678. The lowest BCUT2D eigenvalue weighted by Crippen LogP contribution is -3.09. The summed E-state index contributed by atoms with van der Waals surface area (Å²) in [4.78, 5) is 20.9. The van der Waals surface area contributed by atoms with Crippen LogP contribution in [0.15, 0.2) is 35.4 Å². The fraction of sp³-hybridized carbons (Fsp3) is 0.375. The second-order valence-corrected chi connectivity index (χ2v) is 6.03.